The Kier molecular flexibility index (Phi) is 4.40. The number of allylic oxidation sites excluding steroid dienone is 1. The number of non-ortho nitro benzene ring substituents is 1. The standard InChI is InChI=1S/C17H10N4O2S/c18-10-14(9-12-1-3-15(4-2-12)21(22)23)17-20-16(11-24-17)13-5-7-19-8-6-13/h1-9,11H/b14-9-. The molecule has 0 atom stereocenters. The zero-order chi connectivity index (χ0) is 16.9. The second kappa shape index (κ2) is 6.81. The highest BCUT2D eigenvalue weighted by atomic mass is 32.1. The molecule has 0 aliphatic heterocycles. The highest BCUT2D eigenvalue weighted by Gasteiger charge is 2.10. The van der Waals surface area contributed by atoms with E-state index in [1.54, 1.807) is 30.6 Å². The molecule has 2 heterocycles. The number of hydrogen-bond donors (Lipinski definition) is 0. The topological polar surface area (TPSA) is 92.7 Å². The Morgan fingerprint density at radius 2 is 1.92 bits per heavy atom. The van der Waals surface area contributed by atoms with E-state index < -0.39 is 4.92 Å². The molecule has 0 spiro atoms. The van der Waals surface area contributed by atoms with Crippen LogP contribution in [0.5, 0.6) is 0 Å². The summed E-state index contributed by atoms with van der Waals surface area (Å²) < 4.78 is 0. The number of nitro groups is 1. The smallest absolute Gasteiger partial charge is 0.265 e. The molecule has 3 aromatic rings. The van der Waals surface area contributed by atoms with Crippen molar-refractivity contribution in [1.82, 2.24) is 9.97 Å². The molecule has 1 aromatic carbocycles. The van der Waals surface area contributed by atoms with E-state index in [1.165, 1.54) is 23.5 Å². The second-order valence-electron chi connectivity index (χ2n) is 4.79. The number of thiazole rings is 1. The highest BCUT2D eigenvalue weighted by Crippen LogP contribution is 2.27. The Balaban J connectivity index is 1.90. The summed E-state index contributed by atoms with van der Waals surface area (Å²) in [6.45, 7) is 0. The van der Waals surface area contributed by atoms with Crippen LogP contribution < -0.4 is 0 Å². The van der Waals surface area contributed by atoms with Crippen LogP contribution in [0.4, 0.5) is 5.69 Å². The van der Waals surface area contributed by atoms with Crippen molar-refractivity contribution in [1.29, 1.82) is 5.26 Å². The number of pyridine rings is 1. The van der Waals surface area contributed by atoms with Crippen molar-refractivity contribution in [2.75, 3.05) is 0 Å². The molecule has 0 saturated carbocycles. The van der Waals surface area contributed by atoms with E-state index in [4.69, 9.17) is 0 Å². The van der Waals surface area contributed by atoms with Crippen LogP contribution in [0, 0.1) is 21.4 Å². The number of nitriles is 1. The fraction of sp³-hybridized carbons (Fsp3) is 0. The summed E-state index contributed by atoms with van der Waals surface area (Å²) in [5, 5.41) is 22.5. The summed E-state index contributed by atoms with van der Waals surface area (Å²) in [5.41, 5.74) is 2.84. The van der Waals surface area contributed by atoms with Crippen molar-refractivity contribution < 1.29 is 4.92 Å². The van der Waals surface area contributed by atoms with Gasteiger partial charge in [0.2, 0.25) is 0 Å². The Hall–Kier alpha value is -3.37. The summed E-state index contributed by atoms with van der Waals surface area (Å²) >= 11 is 1.37. The van der Waals surface area contributed by atoms with Crippen LogP contribution in [0.25, 0.3) is 22.9 Å². The van der Waals surface area contributed by atoms with Crippen LogP contribution in [0.15, 0.2) is 54.2 Å². The lowest BCUT2D eigenvalue weighted by Gasteiger charge is -1.97. The Labute approximate surface area is 141 Å². The van der Waals surface area contributed by atoms with E-state index in [0.717, 1.165) is 11.3 Å². The molecule has 0 aliphatic rings. The van der Waals surface area contributed by atoms with Gasteiger partial charge in [0, 0.05) is 35.5 Å². The average Bonchev–Trinajstić information content (AvgIpc) is 3.11. The van der Waals surface area contributed by atoms with Gasteiger partial charge in [0.25, 0.3) is 5.69 Å². The molecule has 0 aliphatic carbocycles. The number of nitro benzene ring substituents is 1. The second-order valence-corrected chi connectivity index (χ2v) is 5.65. The van der Waals surface area contributed by atoms with Gasteiger partial charge in [-0.2, -0.15) is 5.26 Å². The van der Waals surface area contributed by atoms with Crippen LogP contribution in [0.2, 0.25) is 0 Å². The van der Waals surface area contributed by atoms with Gasteiger partial charge in [0.05, 0.1) is 16.2 Å². The van der Waals surface area contributed by atoms with Gasteiger partial charge in [-0.1, -0.05) is 0 Å². The third-order valence-corrected chi connectivity index (χ3v) is 4.12. The van der Waals surface area contributed by atoms with Gasteiger partial charge in [0.15, 0.2) is 0 Å². The molecule has 2 aromatic heterocycles. The van der Waals surface area contributed by atoms with Crippen LogP contribution in [-0.4, -0.2) is 14.9 Å². The van der Waals surface area contributed by atoms with Crippen LogP contribution >= 0.6 is 11.3 Å². The van der Waals surface area contributed by atoms with Gasteiger partial charge < -0.3 is 0 Å². The van der Waals surface area contributed by atoms with Gasteiger partial charge in [0.1, 0.15) is 11.1 Å². The van der Waals surface area contributed by atoms with E-state index in [0.29, 0.717) is 16.1 Å². The van der Waals surface area contributed by atoms with Gasteiger partial charge >= 0.3 is 0 Å². The quantitative estimate of drug-likeness (QED) is 0.405. The fourth-order valence-electron chi connectivity index (χ4n) is 2.05. The van der Waals surface area contributed by atoms with Crippen molar-refractivity contribution in [2.45, 2.75) is 0 Å². The Morgan fingerprint density at radius 3 is 2.54 bits per heavy atom. The molecule has 7 heteroatoms. The minimum absolute atomic E-state index is 0.0138. The summed E-state index contributed by atoms with van der Waals surface area (Å²) in [4.78, 5) is 18.7. The minimum atomic E-state index is -0.458. The molecular formula is C17H10N4O2S. The predicted molar refractivity (Wildman–Crippen MR) is 91.9 cm³/mol. The zero-order valence-electron chi connectivity index (χ0n) is 12.3. The van der Waals surface area contributed by atoms with Gasteiger partial charge in [-0.05, 0) is 35.9 Å². The minimum Gasteiger partial charge on any atom is -0.265 e. The SMILES string of the molecule is N#C/C(=C/c1ccc([N+](=O)[O-])cc1)c1nc(-c2ccncc2)cs1. The van der Waals surface area contributed by atoms with Crippen LogP contribution in [-0.2, 0) is 0 Å². The molecule has 0 radical (unpaired) electrons. The maximum atomic E-state index is 10.7. The summed E-state index contributed by atoms with van der Waals surface area (Å²) in [6.07, 6.45) is 5.04. The molecule has 0 bridgehead atoms. The molecule has 3 rings (SSSR count). The van der Waals surface area contributed by atoms with E-state index in [-0.39, 0.29) is 5.69 Å². The molecular weight excluding hydrogens is 324 g/mol. The Morgan fingerprint density at radius 1 is 1.21 bits per heavy atom. The first kappa shape index (κ1) is 15.5. The predicted octanol–water partition coefficient (Wildman–Crippen LogP) is 4.18. The molecule has 24 heavy (non-hydrogen) atoms. The molecule has 0 N–H and O–H groups in total. The summed E-state index contributed by atoms with van der Waals surface area (Å²) in [6, 6.07) is 11.9. The van der Waals surface area contributed by atoms with Crippen molar-refractivity contribution in [3.63, 3.8) is 0 Å². The molecule has 116 valence electrons. The van der Waals surface area contributed by atoms with E-state index in [2.05, 4.69) is 16.0 Å². The third-order valence-electron chi connectivity index (χ3n) is 3.25. The number of benzene rings is 1. The lowest BCUT2D eigenvalue weighted by molar-refractivity contribution is -0.384. The number of aromatic nitrogens is 2. The van der Waals surface area contributed by atoms with Gasteiger partial charge in [-0.25, -0.2) is 4.98 Å². The van der Waals surface area contributed by atoms with Crippen molar-refractivity contribution in [3.8, 4) is 17.3 Å². The van der Waals surface area contributed by atoms with E-state index >= 15 is 0 Å². The average molecular weight is 334 g/mol. The third kappa shape index (κ3) is 3.34. The van der Waals surface area contributed by atoms with Crippen LogP contribution in [0.1, 0.15) is 10.6 Å². The molecule has 0 saturated heterocycles. The maximum Gasteiger partial charge on any atom is 0.269 e. The molecule has 0 fully saturated rings. The number of nitrogens with zero attached hydrogens (tertiary/aromatic N) is 4. The monoisotopic (exact) mass is 334 g/mol. The summed E-state index contributed by atoms with van der Waals surface area (Å²) in [7, 11) is 0. The lowest BCUT2D eigenvalue weighted by atomic mass is 10.1. The van der Waals surface area contributed by atoms with Crippen LogP contribution in [0.3, 0.4) is 0 Å². The van der Waals surface area contributed by atoms with E-state index in [9.17, 15) is 15.4 Å². The Bertz CT molecular complexity index is 941. The number of hydrogen-bond acceptors (Lipinski definition) is 6. The molecule has 6 nitrogen and oxygen atoms in total. The largest absolute Gasteiger partial charge is 0.269 e. The lowest BCUT2D eigenvalue weighted by Crippen LogP contribution is -1.87. The van der Waals surface area contributed by atoms with Crippen molar-refractivity contribution >= 4 is 28.7 Å². The highest BCUT2D eigenvalue weighted by molar-refractivity contribution is 7.11. The van der Waals surface area contributed by atoms with E-state index in [1.807, 2.05) is 17.5 Å². The van der Waals surface area contributed by atoms with Crippen molar-refractivity contribution in [3.05, 3.63) is 74.9 Å². The maximum absolute atomic E-state index is 10.7. The molecule has 0 amide bonds. The first-order valence-corrected chi connectivity index (χ1v) is 7.78. The van der Waals surface area contributed by atoms with Gasteiger partial charge in [-0.15, -0.1) is 11.3 Å². The zero-order valence-corrected chi connectivity index (χ0v) is 13.1. The number of rotatable bonds is 4. The van der Waals surface area contributed by atoms with Gasteiger partial charge in [-0.3, -0.25) is 15.1 Å². The van der Waals surface area contributed by atoms with Crippen molar-refractivity contribution in [2.24, 2.45) is 0 Å². The summed E-state index contributed by atoms with van der Waals surface area (Å²) in [5.74, 6) is 0. The molecule has 0 unspecified atom stereocenters. The first-order valence-electron chi connectivity index (χ1n) is 6.90. The normalized spacial score (nSPS) is 11.0. The first-order chi connectivity index (χ1) is 11.7. The fourth-order valence-corrected chi connectivity index (χ4v) is 2.85.